The van der Waals surface area contributed by atoms with E-state index >= 15 is 0 Å². The predicted molar refractivity (Wildman–Crippen MR) is 74.9 cm³/mol. The van der Waals surface area contributed by atoms with E-state index in [0.29, 0.717) is 6.42 Å². The van der Waals surface area contributed by atoms with Gasteiger partial charge in [0.25, 0.3) is 0 Å². The van der Waals surface area contributed by atoms with Crippen LogP contribution in [0, 0.1) is 0 Å². The molecule has 0 aliphatic heterocycles. The van der Waals surface area contributed by atoms with E-state index in [0.717, 1.165) is 31.4 Å². The smallest absolute Gasteiger partial charge is 0.303 e. The van der Waals surface area contributed by atoms with Crippen molar-refractivity contribution in [1.82, 2.24) is 9.19 Å². The molecule has 0 aliphatic rings. The lowest BCUT2D eigenvalue weighted by atomic mass is 10.1. The molecule has 0 saturated heterocycles. The molecule has 0 radical (unpaired) electrons. The van der Waals surface area contributed by atoms with Crippen molar-refractivity contribution < 1.29 is 9.90 Å². The largest absolute Gasteiger partial charge is 0.481 e. The third-order valence-electron chi connectivity index (χ3n) is 2.95. The van der Waals surface area contributed by atoms with Crippen molar-refractivity contribution in [2.75, 3.05) is 0 Å². The minimum Gasteiger partial charge on any atom is -0.481 e. The van der Waals surface area contributed by atoms with Gasteiger partial charge in [0.15, 0.2) is 0 Å². The maximum atomic E-state index is 10.3. The number of nitrogens with zero attached hydrogens (tertiary/aromatic N) is 2. The number of carbonyl (C=O) groups is 1. The predicted octanol–water partition coefficient (Wildman–Crippen LogP) is 3.32. The molecular weight excluding hydrogens is 248 g/mol. The Hall–Kier alpha value is -0.970. The fraction of sp³-hybridized carbons (Fsp3) is 0.692. The summed E-state index contributed by atoms with van der Waals surface area (Å²) in [4.78, 5) is 10.3. The zero-order chi connectivity index (χ0) is 13.2. The molecule has 0 saturated carbocycles. The Balaban J connectivity index is 1.85. The van der Waals surface area contributed by atoms with E-state index in [4.69, 9.17) is 5.11 Å². The Morgan fingerprint density at radius 2 is 1.78 bits per heavy atom. The van der Waals surface area contributed by atoms with Gasteiger partial charge in [-0.05, 0) is 38.1 Å². The molecule has 0 amide bonds. The molecular formula is C13H22N2O2S. The van der Waals surface area contributed by atoms with Crippen LogP contribution in [0.5, 0.6) is 0 Å². The maximum Gasteiger partial charge on any atom is 0.303 e. The average Bonchev–Trinajstić information content (AvgIpc) is 2.72. The highest BCUT2D eigenvalue weighted by Crippen LogP contribution is 2.10. The molecule has 0 aliphatic carbocycles. The first-order valence-corrected chi connectivity index (χ1v) is 7.04. The number of hydrogen-bond acceptors (Lipinski definition) is 3. The molecule has 0 aromatic carbocycles. The lowest BCUT2D eigenvalue weighted by Crippen LogP contribution is -1.93. The van der Waals surface area contributed by atoms with Crippen LogP contribution in [0.3, 0.4) is 0 Å². The van der Waals surface area contributed by atoms with Crippen LogP contribution in [0.15, 0.2) is 12.3 Å². The summed E-state index contributed by atoms with van der Waals surface area (Å²) in [5, 5.41) is 12.7. The van der Waals surface area contributed by atoms with E-state index < -0.39 is 5.97 Å². The van der Waals surface area contributed by atoms with Crippen LogP contribution in [0.2, 0.25) is 0 Å². The zero-order valence-electron chi connectivity index (χ0n) is 10.7. The minimum atomic E-state index is -0.682. The van der Waals surface area contributed by atoms with Crippen molar-refractivity contribution in [2.24, 2.45) is 0 Å². The van der Waals surface area contributed by atoms with Crippen LogP contribution >= 0.6 is 12.8 Å². The van der Waals surface area contributed by atoms with Crippen molar-refractivity contribution in [3.8, 4) is 0 Å². The van der Waals surface area contributed by atoms with Crippen molar-refractivity contribution in [1.29, 1.82) is 0 Å². The average molecular weight is 270 g/mol. The van der Waals surface area contributed by atoms with Gasteiger partial charge in [-0.3, -0.25) is 4.79 Å². The van der Waals surface area contributed by atoms with Gasteiger partial charge in [0.05, 0.1) is 5.69 Å². The SMILES string of the molecule is O=C(O)CCCCCCCCCc1ccn(S)n1. The van der Waals surface area contributed by atoms with Crippen LogP contribution in [-0.4, -0.2) is 20.3 Å². The third kappa shape index (κ3) is 7.37. The highest BCUT2D eigenvalue weighted by Gasteiger charge is 1.98. The Kier molecular flexibility index (Phi) is 7.57. The number of hydrogen-bond donors (Lipinski definition) is 2. The number of aliphatic carboxylic acids is 1. The lowest BCUT2D eigenvalue weighted by Gasteiger charge is -2.00. The van der Waals surface area contributed by atoms with Crippen molar-refractivity contribution in [3.63, 3.8) is 0 Å². The Bertz CT molecular complexity index is 353. The molecule has 0 bridgehead atoms. The van der Waals surface area contributed by atoms with Crippen molar-refractivity contribution in [2.45, 2.75) is 57.8 Å². The molecule has 1 N–H and O–H groups in total. The summed E-state index contributed by atoms with van der Waals surface area (Å²) in [6.45, 7) is 0. The van der Waals surface area contributed by atoms with E-state index in [2.05, 4.69) is 17.9 Å². The van der Waals surface area contributed by atoms with E-state index in [-0.39, 0.29) is 0 Å². The molecule has 4 nitrogen and oxygen atoms in total. The minimum absolute atomic E-state index is 0.312. The van der Waals surface area contributed by atoms with Crippen LogP contribution in [0.1, 0.15) is 57.1 Å². The molecule has 0 unspecified atom stereocenters. The molecule has 0 spiro atoms. The highest BCUT2D eigenvalue weighted by atomic mass is 32.1. The Labute approximate surface area is 114 Å². The van der Waals surface area contributed by atoms with Crippen LogP contribution in [0.25, 0.3) is 0 Å². The van der Waals surface area contributed by atoms with E-state index in [1.807, 2.05) is 12.3 Å². The van der Waals surface area contributed by atoms with Gasteiger partial charge in [0, 0.05) is 12.6 Å². The summed E-state index contributed by atoms with van der Waals surface area (Å²) in [7, 11) is 0. The monoisotopic (exact) mass is 270 g/mol. The van der Waals surface area contributed by atoms with E-state index in [9.17, 15) is 4.79 Å². The second-order valence-electron chi connectivity index (χ2n) is 4.60. The molecule has 1 heterocycles. The first kappa shape index (κ1) is 15.1. The van der Waals surface area contributed by atoms with Gasteiger partial charge in [0.2, 0.25) is 0 Å². The molecule has 18 heavy (non-hydrogen) atoms. The van der Waals surface area contributed by atoms with Gasteiger partial charge in [-0.2, -0.15) is 5.10 Å². The number of carboxylic acids is 1. The molecule has 102 valence electrons. The second-order valence-corrected chi connectivity index (χ2v) is 5.01. The van der Waals surface area contributed by atoms with Crippen LogP contribution in [-0.2, 0) is 11.2 Å². The molecule has 1 aromatic heterocycles. The summed E-state index contributed by atoms with van der Waals surface area (Å²) in [5.41, 5.74) is 1.10. The topological polar surface area (TPSA) is 55.1 Å². The zero-order valence-corrected chi connectivity index (χ0v) is 11.6. The molecule has 1 aromatic rings. The first-order valence-electron chi connectivity index (χ1n) is 6.64. The number of carboxylic acid groups (broad SMARTS) is 1. The molecule has 5 heteroatoms. The lowest BCUT2D eigenvalue weighted by molar-refractivity contribution is -0.137. The number of aryl methyl sites for hydroxylation is 1. The standard InChI is InChI=1S/C13H22N2O2S/c16-13(17)9-7-5-3-1-2-4-6-8-12-10-11-15(18)14-12/h10-11,18H,1-9H2,(H,16,17). The van der Waals surface area contributed by atoms with Crippen LogP contribution in [0.4, 0.5) is 0 Å². The molecule has 0 atom stereocenters. The number of aromatic nitrogens is 2. The maximum absolute atomic E-state index is 10.3. The molecule has 0 fully saturated rings. The quantitative estimate of drug-likeness (QED) is 0.506. The normalized spacial score (nSPS) is 10.7. The van der Waals surface area contributed by atoms with Gasteiger partial charge in [0.1, 0.15) is 0 Å². The van der Waals surface area contributed by atoms with Crippen molar-refractivity contribution >= 4 is 18.8 Å². The summed E-state index contributed by atoms with van der Waals surface area (Å²) >= 11 is 4.09. The van der Waals surface area contributed by atoms with Gasteiger partial charge >= 0.3 is 5.97 Å². The summed E-state index contributed by atoms with van der Waals surface area (Å²) < 4.78 is 1.54. The van der Waals surface area contributed by atoms with E-state index in [1.165, 1.54) is 29.8 Å². The van der Waals surface area contributed by atoms with Gasteiger partial charge in [-0.25, -0.2) is 4.09 Å². The first-order chi connectivity index (χ1) is 8.68. The van der Waals surface area contributed by atoms with Crippen LogP contribution < -0.4 is 0 Å². The third-order valence-corrected chi connectivity index (χ3v) is 3.18. The second kappa shape index (κ2) is 9.03. The highest BCUT2D eigenvalue weighted by molar-refractivity contribution is 7.78. The van der Waals surface area contributed by atoms with E-state index in [1.54, 1.807) is 0 Å². The van der Waals surface area contributed by atoms with Gasteiger partial charge in [-0.1, -0.05) is 32.1 Å². The number of rotatable bonds is 10. The Morgan fingerprint density at radius 3 is 2.33 bits per heavy atom. The van der Waals surface area contributed by atoms with Gasteiger partial charge < -0.3 is 5.11 Å². The van der Waals surface area contributed by atoms with Gasteiger partial charge in [-0.15, -0.1) is 0 Å². The summed E-state index contributed by atoms with van der Waals surface area (Å²) in [5.74, 6) is -0.682. The summed E-state index contributed by atoms with van der Waals surface area (Å²) in [6.07, 6.45) is 11.0. The molecule has 1 rings (SSSR count). The number of unbranched alkanes of at least 4 members (excludes halogenated alkanes) is 6. The number of thiol groups is 1. The summed E-state index contributed by atoms with van der Waals surface area (Å²) in [6, 6.07) is 2.00. The fourth-order valence-electron chi connectivity index (χ4n) is 1.95. The Morgan fingerprint density at radius 1 is 1.17 bits per heavy atom. The fourth-order valence-corrected chi connectivity index (χ4v) is 2.13. The van der Waals surface area contributed by atoms with Crippen molar-refractivity contribution in [3.05, 3.63) is 18.0 Å².